The minimum absolute atomic E-state index is 0.0556. The van der Waals surface area contributed by atoms with E-state index in [-0.39, 0.29) is 25.8 Å². The van der Waals surface area contributed by atoms with Gasteiger partial charge in [-0.3, -0.25) is 0 Å². The van der Waals surface area contributed by atoms with Crippen LogP contribution in [0.15, 0.2) is 0 Å². The third-order valence-electron chi connectivity index (χ3n) is 0. The molecule has 0 bridgehead atoms. The summed E-state index contributed by atoms with van der Waals surface area (Å²) in [6.07, 6.45) is 0. The molecule has 0 aromatic carbocycles. The predicted octanol–water partition coefficient (Wildman–Crippen LogP) is -1.77. The summed E-state index contributed by atoms with van der Waals surface area (Å²) < 4.78 is 25.0. The summed E-state index contributed by atoms with van der Waals surface area (Å²) in [6.45, 7) is 0. The van der Waals surface area contributed by atoms with E-state index in [1.807, 2.05) is 0 Å². The molecule has 0 aliphatic carbocycles. The Morgan fingerprint density at radius 2 is 1.17 bits per heavy atom. The molecule has 3 nitrogen and oxygen atoms in total. The van der Waals surface area contributed by atoms with Crippen LogP contribution in [0, 0.1) is 0 Å². The minimum atomic E-state index is 0.0556. The van der Waals surface area contributed by atoms with Crippen molar-refractivity contribution >= 4 is 64.5 Å². The van der Waals surface area contributed by atoms with Crippen molar-refractivity contribution in [2.75, 3.05) is 0 Å². The summed E-state index contributed by atoms with van der Waals surface area (Å²) in [6, 6.07) is 0. The molecule has 0 N–H and O–H groups in total. The molecule has 0 heterocycles. The molecule has 6 heteroatoms. The molecule has 0 amide bonds. The summed E-state index contributed by atoms with van der Waals surface area (Å²) in [7, 11) is 0. The van der Waals surface area contributed by atoms with E-state index in [4.69, 9.17) is 9.57 Å². The molecule has 0 aliphatic rings. The van der Waals surface area contributed by atoms with Crippen LogP contribution in [0.4, 0.5) is 0 Å². The van der Waals surface area contributed by atoms with E-state index >= 15 is 0 Å². The van der Waals surface area contributed by atoms with Gasteiger partial charge in [-0.25, -0.2) is 0 Å². The van der Waals surface area contributed by atoms with Gasteiger partial charge in [0.05, 0.1) is 0 Å². The maximum atomic E-state index is 8.39. The average Bonchev–Trinajstić information content (AvgIpc) is 1.81. The second-order valence-corrected chi connectivity index (χ2v) is 0. The molecule has 0 aromatic heterocycles. The zero-order chi connectivity index (χ0) is 6.00. The van der Waals surface area contributed by atoms with Crippen LogP contribution in [-0.2, 0) is 9.57 Å². The molecule has 0 rings (SSSR count). The quantitative estimate of drug-likeness (QED) is 0.452. The standard InChI is InChI=1S/Al.3O.Pb.Sn.H. The fourth-order valence-corrected chi connectivity index (χ4v) is 0. The summed E-state index contributed by atoms with van der Waals surface area (Å²) in [5, 5.41) is 0. The van der Waals surface area contributed by atoms with Gasteiger partial charge >= 0.3 is 74.1 Å². The molecule has 0 atom stereocenters. The van der Waals surface area contributed by atoms with Crippen molar-refractivity contribution in [2.45, 2.75) is 0 Å². The van der Waals surface area contributed by atoms with Gasteiger partial charge in [0.2, 0.25) is 0 Å². The summed E-state index contributed by atoms with van der Waals surface area (Å²) in [5.74, 6) is 0. The summed E-state index contributed by atoms with van der Waals surface area (Å²) in [5.41, 5.74) is 0. The molecular formula is HAlO3PbSn. The Balaban J connectivity index is -0.0000000225. The Kier molecular flexibility index (Phi) is 203. The fourth-order valence-electron chi connectivity index (χ4n) is 0. The van der Waals surface area contributed by atoms with Crippen LogP contribution in [0.3, 0.4) is 0 Å². The third kappa shape index (κ3) is 44.8. The van der Waals surface area contributed by atoms with Crippen molar-refractivity contribution in [1.29, 1.82) is 0 Å². The van der Waals surface area contributed by atoms with E-state index in [9.17, 15) is 0 Å². The van der Waals surface area contributed by atoms with E-state index < -0.39 is 0 Å². The first-order chi connectivity index (χ1) is 3.00. The molecule has 0 fully saturated rings. The molecule has 0 saturated heterocycles. The Hall–Kier alpha value is 1.65. The van der Waals surface area contributed by atoms with Crippen LogP contribution in [0.1, 0.15) is 0 Å². The van der Waals surface area contributed by atoms with E-state index in [1.165, 1.54) is 0 Å². The number of rotatable bonds is 0. The van der Waals surface area contributed by atoms with Gasteiger partial charge in [-0.05, 0) is 0 Å². The van der Waals surface area contributed by atoms with Crippen molar-refractivity contribution in [3.63, 3.8) is 0 Å². The SMILES string of the molecule is [O]=[AlH].[O]=[Pb].[O]=[Sn]. The Morgan fingerprint density at radius 1 is 1.17 bits per heavy atom. The van der Waals surface area contributed by atoms with Gasteiger partial charge in [-0.15, -0.1) is 0 Å². The Bertz CT molecular complexity index is 15.5. The summed E-state index contributed by atoms with van der Waals surface area (Å²) in [4.78, 5) is 0. The summed E-state index contributed by atoms with van der Waals surface area (Å²) >= 11 is 0.967. The van der Waals surface area contributed by atoms with Crippen LogP contribution in [0.5, 0.6) is 0 Å². The van der Waals surface area contributed by atoms with Crippen molar-refractivity contribution < 1.29 is 9.57 Å². The van der Waals surface area contributed by atoms with Gasteiger partial charge in [-0.2, -0.15) is 0 Å². The van der Waals surface area contributed by atoms with Gasteiger partial charge in [0, 0.05) is 0 Å². The van der Waals surface area contributed by atoms with E-state index in [0.717, 1.165) is 0 Å². The first-order valence-electron chi connectivity index (χ1n) is 0.697. The molecule has 6 heavy (non-hydrogen) atoms. The van der Waals surface area contributed by atoms with Gasteiger partial charge in [0.15, 0.2) is 0 Å². The second-order valence-electron chi connectivity index (χ2n) is 0. The molecule has 0 unspecified atom stereocenters. The van der Waals surface area contributed by atoms with Crippen molar-refractivity contribution in [2.24, 2.45) is 0 Å². The molecule has 30 valence electrons. The molecule has 0 aliphatic heterocycles. The van der Waals surface area contributed by atoms with Gasteiger partial charge < -0.3 is 0 Å². The van der Waals surface area contributed by atoms with Crippen LogP contribution in [-0.4, -0.2) is 64.5 Å². The molecule has 0 spiro atoms. The first kappa shape index (κ1) is 15.6. The Labute approximate surface area is 73.1 Å². The van der Waals surface area contributed by atoms with Crippen molar-refractivity contribution in [3.05, 3.63) is 0 Å². The van der Waals surface area contributed by atoms with Crippen LogP contribution < -0.4 is 0 Å². The van der Waals surface area contributed by atoms with Gasteiger partial charge in [0.1, 0.15) is 0 Å². The molecule has 0 aromatic rings. The molecule has 4 radical (unpaired) electrons. The normalized spacial score (nSPS) is 1.83. The zero-order valence-electron chi connectivity index (χ0n) is 2.93. The van der Waals surface area contributed by atoms with Gasteiger partial charge in [-0.1, -0.05) is 0 Å². The van der Waals surface area contributed by atoms with E-state index in [2.05, 4.69) is 0 Å². The molecule has 0 saturated carbocycles. The topological polar surface area (TPSA) is 51.2 Å². The van der Waals surface area contributed by atoms with Crippen molar-refractivity contribution in [3.8, 4) is 0 Å². The Morgan fingerprint density at radius 3 is 1.17 bits per heavy atom. The first-order valence-corrected chi connectivity index (χ1v) is 4.03. The monoisotopic (exact) mass is 404 g/mol. The zero-order valence-corrected chi connectivity index (χ0v) is 11.1. The number of hydrogen-bond donors (Lipinski definition) is 0. The third-order valence-corrected chi connectivity index (χ3v) is 0. The second kappa shape index (κ2) is 77.8. The van der Waals surface area contributed by atoms with Crippen molar-refractivity contribution in [1.82, 2.24) is 0 Å². The maximum absolute atomic E-state index is 8.39. The predicted molar refractivity (Wildman–Crippen MR) is 20.7 cm³/mol. The van der Waals surface area contributed by atoms with Crippen LogP contribution in [0.2, 0.25) is 0 Å². The van der Waals surface area contributed by atoms with Gasteiger partial charge in [0.25, 0.3) is 0 Å². The molecular weight excluding hydrogens is 401 g/mol. The fraction of sp³-hybridized carbons (Fsp3) is 0. The average molecular weight is 402 g/mol. The van der Waals surface area contributed by atoms with Crippen LogP contribution >= 0.6 is 0 Å². The van der Waals surface area contributed by atoms with Crippen LogP contribution in [0.25, 0.3) is 0 Å². The van der Waals surface area contributed by atoms with E-state index in [0.29, 0.717) is 38.7 Å². The van der Waals surface area contributed by atoms with E-state index in [1.54, 1.807) is 0 Å². The number of hydrogen-bond acceptors (Lipinski definition) is 3.